The number of ether oxygens (including phenoxy) is 1. The lowest BCUT2D eigenvalue weighted by Crippen LogP contribution is -2.48. The molecule has 5 aromatic carbocycles. The van der Waals surface area contributed by atoms with Gasteiger partial charge >= 0.3 is 10.1 Å². The first-order chi connectivity index (χ1) is 27.2. The highest BCUT2D eigenvalue weighted by molar-refractivity contribution is 7.91. The number of carbonyl (C=O) groups is 1. The van der Waals surface area contributed by atoms with Crippen LogP contribution in [0.4, 0.5) is 17.2 Å². The molecular formula is C43H39N5O7S2. The molecule has 0 radical (unpaired) electrons. The third kappa shape index (κ3) is 6.53. The van der Waals surface area contributed by atoms with Crippen molar-refractivity contribution in [1.82, 2.24) is 9.78 Å². The number of aromatic nitrogens is 2. The number of hydrogen-bond acceptors (Lipinski definition) is 10. The molecule has 0 saturated carbocycles. The van der Waals surface area contributed by atoms with E-state index in [1.807, 2.05) is 62.1 Å². The zero-order chi connectivity index (χ0) is 40.4. The Balaban J connectivity index is 1.23. The van der Waals surface area contributed by atoms with Crippen LogP contribution in [0.15, 0.2) is 129 Å². The minimum atomic E-state index is -4.23. The standard InChI is InChI=1S/C43H39N5O7S2/c1-25(2)29-13-18-32(19-14-29)56(50,51)33-20-16-31(17-21-33)48-41-39(28(5)46-48)40(47-35-10-8-7-9-34(35)44-43(49)42(47)45-41)30-15-22-36(37(24-30)54-6)55-57(52,53)38-23-26(3)11-12-27(38)4/h7-25,40H,1-6H3,(H,44,49). The lowest BCUT2D eigenvalue weighted by Gasteiger charge is -2.40. The van der Waals surface area contributed by atoms with Gasteiger partial charge in [-0.25, -0.2) is 18.1 Å². The summed E-state index contributed by atoms with van der Waals surface area (Å²) in [5, 5.41) is 7.82. The van der Waals surface area contributed by atoms with Crippen LogP contribution in [-0.2, 0) is 24.7 Å². The van der Waals surface area contributed by atoms with Crippen LogP contribution < -0.4 is 19.1 Å². The minimum absolute atomic E-state index is 0.0119. The monoisotopic (exact) mass is 801 g/mol. The van der Waals surface area contributed by atoms with Gasteiger partial charge in [-0.1, -0.05) is 56.3 Å². The molecule has 12 nitrogen and oxygen atoms in total. The lowest BCUT2D eigenvalue weighted by molar-refractivity contribution is -0.110. The van der Waals surface area contributed by atoms with E-state index in [-0.39, 0.29) is 37.9 Å². The van der Waals surface area contributed by atoms with Crippen LogP contribution in [0.1, 0.15) is 59.3 Å². The first-order valence-electron chi connectivity index (χ1n) is 18.2. The fraction of sp³-hybridized carbons (Fsp3) is 0.186. The van der Waals surface area contributed by atoms with E-state index in [4.69, 9.17) is 19.0 Å². The molecule has 0 spiro atoms. The topological polar surface area (TPSA) is 149 Å². The Morgan fingerprint density at radius 3 is 2.16 bits per heavy atom. The zero-order valence-corrected chi connectivity index (χ0v) is 33.6. The van der Waals surface area contributed by atoms with Crippen LogP contribution in [-0.4, -0.2) is 45.5 Å². The molecule has 1 amide bonds. The van der Waals surface area contributed by atoms with E-state index < -0.39 is 31.9 Å². The first-order valence-corrected chi connectivity index (χ1v) is 21.1. The van der Waals surface area contributed by atoms with Crippen molar-refractivity contribution >= 4 is 48.9 Å². The number of benzene rings is 5. The third-order valence-electron chi connectivity index (χ3n) is 10.2. The number of methoxy groups -OCH3 is 1. The highest BCUT2D eigenvalue weighted by atomic mass is 32.2. The van der Waals surface area contributed by atoms with Gasteiger partial charge in [0, 0.05) is 5.56 Å². The largest absolute Gasteiger partial charge is 0.493 e. The molecule has 0 fully saturated rings. The van der Waals surface area contributed by atoms with Crippen molar-refractivity contribution in [1.29, 1.82) is 0 Å². The highest BCUT2D eigenvalue weighted by Gasteiger charge is 2.43. The summed E-state index contributed by atoms with van der Waals surface area (Å²) >= 11 is 0. The molecule has 8 rings (SSSR count). The Hall–Kier alpha value is -6.25. The van der Waals surface area contributed by atoms with Gasteiger partial charge in [-0.15, -0.1) is 0 Å². The number of nitrogens with zero attached hydrogens (tertiary/aromatic N) is 4. The average molecular weight is 802 g/mol. The maximum absolute atomic E-state index is 13.8. The van der Waals surface area contributed by atoms with E-state index >= 15 is 0 Å². The second kappa shape index (κ2) is 14.0. The van der Waals surface area contributed by atoms with Crippen molar-refractivity contribution in [3.05, 3.63) is 143 Å². The Labute approximate surface area is 331 Å². The number of rotatable bonds is 9. The summed E-state index contributed by atoms with van der Waals surface area (Å²) in [4.78, 5) is 20.9. The van der Waals surface area contributed by atoms with Gasteiger partial charge in [0.05, 0.1) is 45.7 Å². The van der Waals surface area contributed by atoms with Crippen LogP contribution in [0.5, 0.6) is 11.5 Å². The minimum Gasteiger partial charge on any atom is -0.493 e. The number of amidine groups is 1. The molecule has 0 bridgehead atoms. The van der Waals surface area contributed by atoms with Gasteiger partial charge < -0.3 is 19.1 Å². The summed E-state index contributed by atoms with van der Waals surface area (Å²) in [6.45, 7) is 9.44. The van der Waals surface area contributed by atoms with Crippen molar-refractivity contribution in [2.24, 2.45) is 4.99 Å². The molecule has 57 heavy (non-hydrogen) atoms. The summed E-state index contributed by atoms with van der Waals surface area (Å²) in [6, 6.07) is 30.0. The van der Waals surface area contributed by atoms with Gasteiger partial charge in [-0.05, 0) is 116 Å². The van der Waals surface area contributed by atoms with E-state index in [0.29, 0.717) is 45.3 Å². The molecule has 1 atom stereocenters. The molecule has 1 aromatic heterocycles. The van der Waals surface area contributed by atoms with E-state index in [0.717, 1.165) is 11.1 Å². The average Bonchev–Trinajstić information content (AvgIpc) is 3.53. The predicted molar refractivity (Wildman–Crippen MR) is 217 cm³/mol. The summed E-state index contributed by atoms with van der Waals surface area (Å²) in [6.07, 6.45) is 0. The molecule has 2 aliphatic rings. The molecule has 3 heterocycles. The Morgan fingerprint density at radius 1 is 0.789 bits per heavy atom. The number of para-hydroxylation sites is 2. The molecule has 1 unspecified atom stereocenters. The number of sulfone groups is 1. The van der Waals surface area contributed by atoms with E-state index in [2.05, 4.69) is 5.32 Å². The maximum atomic E-state index is 13.8. The fourth-order valence-electron chi connectivity index (χ4n) is 7.23. The Kier molecular flexibility index (Phi) is 9.28. The summed E-state index contributed by atoms with van der Waals surface area (Å²) < 4.78 is 67.3. The van der Waals surface area contributed by atoms with Crippen molar-refractivity contribution in [3.63, 3.8) is 0 Å². The third-order valence-corrected chi connectivity index (χ3v) is 13.4. The van der Waals surface area contributed by atoms with Gasteiger partial charge in [0.2, 0.25) is 15.7 Å². The molecule has 0 saturated heterocycles. The summed E-state index contributed by atoms with van der Waals surface area (Å²) in [7, 11) is -6.62. The molecule has 2 aliphatic heterocycles. The number of aliphatic imine (C=N–C) groups is 1. The molecule has 1 N–H and O–H groups in total. The summed E-state index contributed by atoms with van der Waals surface area (Å²) in [5.41, 5.74) is 6.05. The van der Waals surface area contributed by atoms with Crippen LogP contribution in [0.25, 0.3) is 5.69 Å². The second-order valence-corrected chi connectivity index (χ2v) is 17.8. The quantitative estimate of drug-likeness (QED) is 0.143. The van der Waals surface area contributed by atoms with E-state index in [9.17, 15) is 21.6 Å². The lowest BCUT2D eigenvalue weighted by atomic mass is 9.93. The van der Waals surface area contributed by atoms with Crippen LogP contribution >= 0.6 is 0 Å². The number of aryl methyl sites for hydroxylation is 3. The number of amides is 1. The van der Waals surface area contributed by atoms with Gasteiger partial charge in [0.1, 0.15) is 4.90 Å². The van der Waals surface area contributed by atoms with E-state index in [1.54, 1.807) is 73.1 Å². The number of carbonyl (C=O) groups excluding carboxylic acids is 1. The van der Waals surface area contributed by atoms with Gasteiger partial charge in [0.25, 0.3) is 5.91 Å². The highest BCUT2D eigenvalue weighted by Crippen LogP contribution is 2.49. The van der Waals surface area contributed by atoms with Crippen LogP contribution in [0, 0.1) is 20.8 Å². The van der Waals surface area contributed by atoms with Crippen molar-refractivity contribution in [2.75, 3.05) is 17.3 Å². The van der Waals surface area contributed by atoms with E-state index in [1.165, 1.54) is 25.3 Å². The normalized spacial score (nSPS) is 15.0. The zero-order valence-electron chi connectivity index (χ0n) is 32.0. The van der Waals surface area contributed by atoms with Crippen molar-refractivity contribution < 1.29 is 30.6 Å². The Bertz CT molecular complexity index is 2850. The summed E-state index contributed by atoms with van der Waals surface area (Å²) in [5.74, 6) is 0.445. The van der Waals surface area contributed by atoms with Gasteiger partial charge in [-0.2, -0.15) is 13.5 Å². The Morgan fingerprint density at radius 2 is 1.47 bits per heavy atom. The fourth-order valence-corrected chi connectivity index (χ4v) is 9.75. The van der Waals surface area contributed by atoms with Crippen molar-refractivity contribution in [3.8, 4) is 17.2 Å². The van der Waals surface area contributed by atoms with Crippen molar-refractivity contribution in [2.45, 2.75) is 61.3 Å². The number of nitrogens with one attached hydrogen (secondary N) is 1. The van der Waals surface area contributed by atoms with Crippen LogP contribution in [0.3, 0.4) is 0 Å². The first kappa shape index (κ1) is 37.7. The molecular weight excluding hydrogens is 763 g/mol. The molecule has 0 aliphatic carbocycles. The SMILES string of the molecule is COc1cc(C2c3c(C)nn(-c4ccc(S(=O)(=O)c5ccc(C(C)C)cc5)cc4)c3N=C3C(=O)Nc4ccccc4N32)ccc1OS(=O)(=O)c1cc(C)ccc1C. The number of hydrogen-bond donors (Lipinski definition) is 1. The molecule has 6 aromatic rings. The molecule has 14 heteroatoms. The predicted octanol–water partition coefficient (Wildman–Crippen LogP) is 8.12. The number of fused-ring (bicyclic) bond motifs is 4. The van der Waals surface area contributed by atoms with Gasteiger partial charge in [0.15, 0.2) is 17.3 Å². The van der Waals surface area contributed by atoms with Crippen LogP contribution in [0.2, 0.25) is 0 Å². The smallest absolute Gasteiger partial charge is 0.339 e. The maximum Gasteiger partial charge on any atom is 0.339 e. The van der Waals surface area contributed by atoms with Gasteiger partial charge in [-0.3, -0.25) is 4.79 Å². The number of anilines is 2. The molecule has 290 valence electrons. The second-order valence-electron chi connectivity index (χ2n) is 14.4.